The van der Waals surface area contributed by atoms with E-state index in [2.05, 4.69) is 64.5 Å². The summed E-state index contributed by atoms with van der Waals surface area (Å²) in [5.74, 6) is 1.25. The molecular weight excluding hydrogens is 384 g/mol. The Hall–Kier alpha value is -3.41. The number of rotatable bonds is 5. The lowest BCUT2D eigenvalue weighted by atomic mass is 9.95. The molecule has 1 aromatic carbocycles. The topological polar surface area (TPSA) is 56.6 Å². The van der Waals surface area contributed by atoms with Gasteiger partial charge in [0.05, 0.1) is 11.4 Å². The highest BCUT2D eigenvalue weighted by molar-refractivity contribution is 5.90. The highest BCUT2D eigenvalue weighted by atomic mass is 15.4. The summed E-state index contributed by atoms with van der Waals surface area (Å²) in [6.45, 7) is 12.6. The maximum absolute atomic E-state index is 4.93. The SMILES string of the molecule is C=C(Nc1ccc(CC)cc1)C1CCCN(C2=NC(c3ccncn3)=CC(=C)N2C)C1. The fourth-order valence-electron chi connectivity index (χ4n) is 4.01. The largest absolute Gasteiger partial charge is 0.359 e. The zero-order valence-electron chi connectivity index (χ0n) is 18.4. The van der Waals surface area contributed by atoms with Gasteiger partial charge in [-0.1, -0.05) is 32.2 Å². The fourth-order valence-corrected chi connectivity index (χ4v) is 4.01. The molecule has 2 aliphatic rings. The molecule has 1 unspecified atom stereocenters. The number of benzene rings is 1. The summed E-state index contributed by atoms with van der Waals surface area (Å²) in [4.78, 5) is 17.7. The summed E-state index contributed by atoms with van der Waals surface area (Å²) >= 11 is 0. The Labute approximate surface area is 184 Å². The highest BCUT2D eigenvalue weighted by Crippen LogP contribution is 2.28. The molecule has 0 amide bonds. The zero-order chi connectivity index (χ0) is 21.8. The summed E-state index contributed by atoms with van der Waals surface area (Å²) < 4.78 is 0. The van der Waals surface area contributed by atoms with Crippen molar-refractivity contribution in [2.45, 2.75) is 26.2 Å². The van der Waals surface area contributed by atoms with Crippen molar-refractivity contribution in [2.75, 3.05) is 25.5 Å². The van der Waals surface area contributed by atoms with E-state index >= 15 is 0 Å². The van der Waals surface area contributed by atoms with E-state index in [-0.39, 0.29) is 0 Å². The maximum atomic E-state index is 4.93. The Kier molecular flexibility index (Phi) is 6.16. The van der Waals surface area contributed by atoms with Crippen molar-refractivity contribution in [1.29, 1.82) is 0 Å². The minimum atomic E-state index is 0.345. The number of aliphatic imine (C=N–C) groups is 1. The normalized spacial score (nSPS) is 19.0. The summed E-state index contributed by atoms with van der Waals surface area (Å²) in [5.41, 5.74) is 6.00. The fraction of sp³-hybridized carbons (Fsp3) is 0.320. The van der Waals surface area contributed by atoms with Crippen LogP contribution in [0, 0.1) is 5.92 Å². The van der Waals surface area contributed by atoms with Gasteiger partial charge in [-0.15, -0.1) is 0 Å². The van der Waals surface area contributed by atoms with Crippen LogP contribution in [0.4, 0.5) is 5.69 Å². The number of hydrogen-bond acceptors (Lipinski definition) is 6. The van der Waals surface area contributed by atoms with E-state index < -0.39 is 0 Å². The number of aryl methyl sites for hydroxylation is 1. The molecule has 6 heteroatoms. The summed E-state index contributed by atoms with van der Waals surface area (Å²) in [7, 11) is 2.01. The van der Waals surface area contributed by atoms with E-state index in [4.69, 9.17) is 4.99 Å². The Morgan fingerprint density at radius 2 is 2.03 bits per heavy atom. The molecule has 0 saturated carbocycles. The zero-order valence-corrected chi connectivity index (χ0v) is 18.4. The van der Waals surface area contributed by atoms with Crippen LogP contribution in [-0.4, -0.2) is 45.9 Å². The van der Waals surface area contributed by atoms with Gasteiger partial charge in [-0.05, 0) is 49.1 Å². The lowest BCUT2D eigenvalue weighted by Gasteiger charge is -2.40. The van der Waals surface area contributed by atoms with Crippen LogP contribution in [0.3, 0.4) is 0 Å². The van der Waals surface area contributed by atoms with E-state index in [9.17, 15) is 0 Å². The standard InChI is InChI=1S/C25H30N6/c1-5-20-8-10-22(11-9-20)28-19(3)21-7-6-14-31(16-21)25-29-24(15-18(2)30(25)4)23-12-13-26-17-27-23/h8-13,15,17,21,28H,2-3,5-7,14,16H2,1,4H3. The molecule has 160 valence electrons. The average Bonchev–Trinajstić information content (AvgIpc) is 2.82. The summed E-state index contributed by atoms with van der Waals surface area (Å²) in [6, 6.07) is 10.5. The molecule has 1 atom stereocenters. The molecule has 3 heterocycles. The summed E-state index contributed by atoms with van der Waals surface area (Å²) in [5, 5.41) is 3.52. The Bertz CT molecular complexity index is 1010. The minimum Gasteiger partial charge on any atom is -0.359 e. The smallest absolute Gasteiger partial charge is 0.206 e. The monoisotopic (exact) mass is 414 g/mol. The molecule has 0 bridgehead atoms. The molecule has 4 rings (SSSR count). The molecule has 2 aliphatic heterocycles. The van der Waals surface area contributed by atoms with Crippen LogP contribution < -0.4 is 5.32 Å². The number of anilines is 1. The number of nitrogens with one attached hydrogen (secondary N) is 1. The second kappa shape index (κ2) is 9.16. The number of hydrogen-bond donors (Lipinski definition) is 1. The average molecular weight is 415 g/mol. The molecular formula is C25H30N6. The van der Waals surface area contributed by atoms with Crippen LogP contribution in [0.1, 0.15) is 31.0 Å². The number of allylic oxidation sites excluding steroid dienone is 1. The van der Waals surface area contributed by atoms with Gasteiger partial charge in [0.25, 0.3) is 0 Å². The molecule has 2 aromatic rings. The van der Waals surface area contributed by atoms with Crippen molar-refractivity contribution in [3.63, 3.8) is 0 Å². The van der Waals surface area contributed by atoms with Crippen LogP contribution in [0.15, 0.2) is 78.5 Å². The van der Waals surface area contributed by atoms with Crippen molar-refractivity contribution in [3.8, 4) is 0 Å². The summed E-state index contributed by atoms with van der Waals surface area (Å²) in [6.07, 6.45) is 8.50. The van der Waals surface area contributed by atoms with Gasteiger partial charge in [-0.2, -0.15) is 0 Å². The van der Waals surface area contributed by atoms with Crippen LogP contribution >= 0.6 is 0 Å². The van der Waals surface area contributed by atoms with Crippen molar-refractivity contribution in [2.24, 2.45) is 10.9 Å². The first-order chi connectivity index (χ1) is 15.0. The molecule has 0 spiro atoms. The predicted molar refractivity (Wildman–Crippen MR) is 127 cm³/mol. The van der Waals surface area contributed by atoms with Gasteiger partial charge >= 0.3 is 0 Å². The lowest BCUT2D eigenvalue weighted by Crippen LogP contribution is -2.48. The van der Waals surface area contributed by atoms with Crippen LogP contribution in [0.5, 0.6) is 0 Å². The second-order valence-corrected chi connectivity index (χ2v) is 8.07. The van der Waals surface area contributed by atoms with Crippen LogP contribution in [0.25, 0.3) is 5.70 Å². The quantitative estimate of drug-likeness (QED) is 0.779. The van der Waals surface area contributed by atoms with Crippen LogP contribution in [-0.2, 0) is 6.42 Å². The van der Waals surface area contributed by atoms with Gasteiger partial charge < -0.3 is 15.1 Å². The number of piperidine rings is 1. The molecule has 0 radical (unpaired) electrons. The van der Waals surface area contributed by atoms with E-state index in [0.29, 0.717) is 5.92 Å². The van der Waals surface area contributed by atoms with Crippen LogP contribution in [0.2, 0.25) is 0 Å². The van der Waals surface area contributed by atoms with Gasteiger partial charge in [0.15, 0.2) is 0 Å². The number of likely N-dealkylation sites (N-methyl/N-ethyl adjacent to an activating group) is 1. The third-order valence-electron chi connectivity index (χ3n) is 5.96. The molecule has 1 fully saturated rings. The highest BCUT2D eigenvalue weighted by Gasteiger charge is 2.28. The Balaban J connectivity index is 1.49. The van der Waals surface area contributed by atoms with Gasteiger partial charge in [0, 0.05) is 49.3 Å². The molecule has 1 aromatic heterocycles. The predicted octanol–water partition coefficient (Wildman–Crippen LogP) is 4.53. The molecule has 6 nitrogen and oxygen atoms in total. The van der Waals surface area contributed by atoms with Crippen molar-refractivity contribution >= 4 is 17.3 Å². The van der Waals surface area contributed by atoms with Gasteiger partial charge in [-0.3, -0.25) is 0 Å². The molecule has 1 saturated heterocycles. The lowest BCUT2D eigenvalue weighted by molar-refractivity contribution is 0.264. The number of guanidine groups is 1. The Morgan fingerprint density at radius 3 is 2.74 bits per heavy atom. The molecule has 0 aliphatic carbocycles. The van der Waals surface area contributed by atoms with E-state index in [0.717, 1.165) is 66.8 Å². The first kappa shape index (κ1) is 20.8. The number of likely N-dealkylation sites (tertiary alicyclic amines) is 1. The van der Waals surface area contributed by atoms with Crippen molar-refractivity contribution in [3.05, 3.63) is 84.7 Å². The number of nitrogens with zero attached hydrogens (tertiary/aromatic N) is 5. The van der Waals surface area contributed by atoms with Crippen molar-refractivity contribution in [1.82, 2.24) is 19.8 Å². The molecule has 1 N–H and O–H groups in total. The van der Waals surface area contributed by atoms with Crippen molar-refractivity contribution < 1.29 is 0 Å². The third kappa shape index (κ3) is 4.68. The van der Waals surface area contributed by atoms with E-state index in [1.165, 1.54) is 5.56 Å². The Morgan fingerprint density at radius 1 is 1.23 bits per heavy atom. The first-order valence-electron chi connectivity index (χ1n) is 10.8. The first-order valence-corrected chi connectivity index (χ1v) is 10.8. The maximum Gasteiger partial charge on any atom is 0.206 e. The van der Waals surface area contributed by atoms with E-state index in [1.807, 2.05) is 24.1 Å². The van der Waals surface area contributed by atoms with Gasteiger partial charge in [0.1, 0.15) is 6.33 Å². The minimum absolute atomic E-state index is 0.345. The van der Waals surface area contributed by atoms with E-state index in [1.54, 1.807) is 12.5 Å². The number of aromatic nitrogens is 2. The van der Waals surface area contributed by atoms with Gasteiger partial charge in [-0.25, -0.2) is 15.0 Å². The second-order valence-electron chi connectivity index (χ2n) is 8.07. The molecule has 31 heavy (non-hydrogen) atoms. The third-order valence-corrected chi connectivity index (χ3v) is 5.96. The van der Waals surface area contributed by atoms with Gasteiger partial charge in [0.2, 0.25) is 5.96 Å².